The number of carbonyl (C=O) groups excluding carboxylic acids is 2. The number of carbonyl (C=O) groups is 2. The molecule has 3 rings (SSSR count). The number of hydrogen-bond acceptors (Lipinski definition) is 3. The summed E-state index contributed by atoms with van der Waals surface area (Å²) in [6.45, 7) is 2.78. The van der Waals surface area contributed by atoms with Crippen molar-refractivity contribution in [3.05, 3.63) is 17.5 Å². The van der Waals surface area contributed by atoms with E-state index >= 15 is 0 Å². The van der Waals surface area contributed by atoms with E-state index in [9.17, 15) is 9.59 Å². The number of ketones is 1. The average Bonchev–Trinajstić information content (AvgIpc) is 3.16. The Labute approximate surface area is 125 Å². The number of aromatic nitrogens is 2. The summed E-state index contributed by atoms with van der Waals surface area (Å²) in [5.41, 5.74) is 1.56. The molecule has 0 aromatic carbocycles. The van der Waals surface area contributed by atoms with E-state index in [4.69, 9.17) is 0 Å². The van der Waals surface area contributed by atoms with Gasteiger partial charge in [0.25, 0.3) is 5.91 Å². The number of likely N-dealkylation sites (tertiary alicyclic amines) is 1. The molecule has 1 amide bonds. The molecule has 0 bridgehead atoms. The summed E-state index contributed by atoms with van der Waals surface area (Å²) in [7, 11) is 1.85. The van der Waals surface area contributed by atoms with Gasteiger partial charge in [-0.05, 0) is 32.1 Å². The Morgan fingerprint density at radius 2 is 2.19 bits per heavy atom. The first-order chi connectivity index (χ1) is 10.1. The molecule has 1 aromatic heterocycles. The molecule has 2 atom stereocenters. The van der Waals surface area contributed by atoms with Gasteiger partial charge >= 0.3 is 0 Å². The van der Waals surface area contributed by atoms with E-state index < -0.39 is 0 Å². The lowest BCUT2D eigenvalue weighted by Crippen LogP contribution is -2.41. The summed E-state index contributed by atoms with van der Waals surface area (Å²) >= 11 is 0. The number of hydrogen-bond donors (Lipinski definition) is 0. The van der Waals surface area contributed by atoms with Crippen LogP contribution in [-0.4, -0.2) is 39.0 Å². The topological polar surface area (TPSA) is 55.2 Å². The Morgan fingerprint density at radius 1 is 1.38 bits per heavy atom. The molecular weight excluding hydrogens is 266 g/mol. The summed E-state index contributed by atoms with van der Waals surface area (Å²) < 4.78 is 1.71. The fraction of sp³-hybridized carbons (Fsp3) is 0.688. The van der Waals surface area contributed by atoms with Crippen LogP contribution in [-0.2, 0) is 18.3 Å². The number of Topliss-reactive ketones (excluding diaryl/α,β-unsaturated/α-hetero) is 1. The number of aryl methyl sites for hydroxylation is 2. The maximum Gasteiger partial charge on any atom is 0.257 e. The van der Waals surface area contributed by atoms with Crippen molar-refractivity contribution in [2.45, 2.75) is 51.5 Å². The lowest BCUT2D eigenvalue weighted by atomic mass is 9.94. The maximum atomic E-state index is 12.9. The van der Waals surface area contributed by atoms with Gasteiger partial charge in [-0.25, -0.2) is 0 Å². The molecule has 1 aliphatic heterocycles. The molecule has 2 fully saturated rings. The second-order valence-corrected chi connectivity index (χ2v) is 6.19. The summed E-state index contributed by atoms with van der Waals surface area (Å²) in [4.78, 5) is 26.8. The molecule has 1 saturated carbocycles. The van der Waals surface area contributed by atoms with E-state index in [1.165, 1.54) is 0 Å². The van der Waals surface area contributed by atoms with Crippen molar-refractivity contribution in [2.75, 3.05) is 6.54 Å². The van der Waals surface area contributed by atoms with Crippen LogP contribution in [0.1, 0.15) is 55.1 Å². The monoisotopic (exact) mass is 289 g/mol. The van der Waals surface area contributed by atoms with Gasteiger partial charge in [-0.15, -0.1) is 0 Å². The smallest absolute Gasteiger partial charge is 0.257 e. The zero-order valence-corrected chi connectivity index (χ0v) is 12.8. The molecule has 0 radical (unpaired) electrons. The van der Waals surface area contributed by atoms with Crippen molar-refractivity contribution < 1.29 is 9.59 Å². The van der Waals surface area contributed by atoms with Crippen molar-refractivity contribution in [3.63, 3.8) is 0 Å². The highest BCUT2D eigenvalue weighted by Gasteiger charge is 2.40. The van der Waals surface area contributed by atoms with Crippen LogP contribution in [0.2, 0.25) is 0 Å². The van der Waals surface area contributed by atoms with E-state index in [0.29, 0.717) is 17.8 Å². The van der Waals surface area contributed by atoms with Crippen LogP contribution in [0.25, 0.3) is 0 Å². The fourth-order valence-electron chi connectivity index (χ4n) is 3.84. The Hall–Kier alpha value is -1.65. The molecule has 5 nitrogen and oxygen atoms in total. The minimum Gasteiger partial charge on any atom is -0.335 e. The highest BCUT2D eigenvalue weighted by molar-refractivity contribution is 5.96. The largest absolute Gasteiger partial charge is 0.335 e. The lowest BCUT2D eigenvalue weighted by molar-refractivity contribution is -0.121. The van der Waals surface area contributed by atoms with E-state index in [1.807, 2.05) is 25.1 Å². The van der Waals surface area contributed by atoms with Crippen LogP contribution < -0.4 is 0 Å². The lowest BCUT2D eigenvalue weighted by Gasteiger charge is -2.28. The summed E-state index contributed by atoms with van der Waals surface area (Å²) in [6.07, 6.45) is 7.15. The average molecular weight is 289 g/mol. The van der Waals surface area contributed by atoms with Crippen molar-refractivity contribution in [2.24, 2.45) is 13.0 Å². The Balaban J connectivity index is 1.84. The molecule has 0 spiro atoms. The maximum absolute atomic E-state index is 12.9. The third kappa shape index (κ3) is 2.49. The van der Waals surface area contributed by atoms with Crippen LogP contribution in [0.15, 0.2) is 6.20 Å². The van der Waals surface area contributed by atoms with Crippen molar-refractivity contribution in [3.8, 4) is 0 Å². The van der Waals surface area contributed by atoms with Crippen LogP contribution in [0, 0.1) is 5.92 Å². The minimum absolute atomic E-state index is 0.0575. The van der Waals surface area contributed by atoms with Gasteiger partial charge < -0.3 is 4.90 Å². The molecule has 5 heteroatoms. The summed E-state index contributed by atoms with van der Waals surface area (Å²) in [5, 5.41) is 4.36. The van der Waals surface area contributed by atoms with Crippen LogP contribution in [0.5, 0.6) is 0 Å². The highest BCUT2D eigenvalue weighted by Crippen LogP contribution is 2.34. The zero-order chi connectivity index (χ0) is 15.0. The van der Waals surface area contributed by atoms with Crippen LogP contribution in [0.3, 0.4) is 0 Å². The van der Waals surface area contributed by atoms with Crippen molar-refractivity contribution in [1.29, 1.82) is 0 Å². The second kappa shape index (κ2) is 5.62. The standard InChI is InChI=1S/C16H23N3O2/c1-3-13-12(10-18(2)17-13)16(21)19-9-5-7-14(19)11-6-4-8-15(11)20/h10-11,14H,3-9H2,1-2H3. The van der Waals surface area contributed by atoms with Crippen LogP contribution >= 0.6 is 0 Å². The van der Waals surface area contributed by atoms with Crippen molar-refractivity contribution in [1.82, 2.24) is 14.7 Å². The Bertz CT molecular complexity index is 564. The van der Waals surface area contributed by atoms with E-state index in [0.717, 1.165) is 44.3 Å². The molecule has 21 heavy (non-hydrogen) atoms. The number of nitrogens with zero attached hydrogens (tertiary/aromatic N) is 3. The molecule has 1 aromatic rings. The third-order valence-corrected chi connectivity index (χ3v) is 4.85. The molecule has 2 unspecified atom stereocenters. The fourth-order valence-corrected chi connectivity index (χ4v) is 3.84. The predicted octanol–water partition coefficient (Wildman–Crippen LogP) is 1.96. The van der Waals surface area contributed by atoms with E-state index in [2.05, 4.69) is 5.10 Å². The van der Waals surface area contributed by atoms with E-state index in [1.54, 1.807) is 4.68 Å². The van der Waals surface area contributed by atoms with Gasteiger partial charge in [0.1, 0.15) is 5.78 Å². The second-order valence-electron chi connectivity index (χ2n) is 6.19. The molecule has 0 N–H and O–H groups in total. The van der Waals surface area contributed by atoms with Gasteiger partial charge in [0.2, 0.25) is 0 Å². The van der Waals surface area contributed by atoms with Gasteiger partial charge in [0.05, 0.1) is 11.3 Å². The normalized spacial score (nSPS) is 25.8. The van der Waals surface area contributed by atoms with Gasteiger partial charge in [0.15, 0.2) is 0 Å². The molecular formula is C16H23N3O2. The summed E-state index contributed by atoms with van der Waals surface area (Å²) in [5.74, 6) is 0.474. The van der Waals surface area contributed by atoms with E-state index in [-0.39, 0.29) is 17.9 Å². The number of rotatable bonds is 3. The Morgan fingerprint density at radius 3 is 2.86 bits per heavy atom. The van der Waals surface area contributed by atoms with Gasteiger partial charge in [-0.1, -0.05) is 6.92 Å². The molecule has 2 heterocycles. The van der Waals surface area contributed by atoms with Gasteiger partial charge in [-0.3, -0.25) is 14.3 Å². The third-order valence-electron chi connectivity index (χ3n) is 4.85. The quantitative estimate of drug-likeness (QED) is 0.854. The number of amides is 1. The zero-order valence-electron chi connectivity index (χ0n) is 12.8. The molecule has 1 aliphatic carbocycles. The van der Waals surface area contributed by atoms with Crippen molar-refractivity contribution >= 4 is 11.7 Å². The highest BCUT2D eigenvalue weighted by atomic mass is 16.2. The Kier molecular flexibility index (Phi) is 3.83. The minimum atomic E-state index is 0.0575. The first kappa shape index (κ1) is 14.3. The van der Waals surface area contributed by atoms with Crippen LogP contribution in [0.4, 0.5) is 0 Å². The molecule has 2 aliphatic rings. The first-order valence-corrected chi connectivity index (χ1v) is 7.98. The molecule has 114 valence electrons. The summed E-state index contributed by atoms with van der Waals surface area (Å²) in [6, 6.07) is 0.109. The van der Waals surface area contributed by atoms with Gasteiger partial charge in [-0.2, -0.15) is 5.10 Å². The SMILES string of the molecule is CCc1nn(C)cc1C(=O)N1CCCC1C1CCCC1=O. The predicted molar refractivity (Wildman–Crippen MR) is 79.0 cm³/mol. The first-order valence-electron chi connectivity index (χ1n) is 7.98. The molecule has 1 saturated heterocycles. The van der Waals surface area contributed by atoms with Gasteiger partial charge in [0, 0.05) is 38.2 Å².